The van der Waals surface area contributed by atoms with Crippen LogP contribution in [0.15, 0.2) is 12.2 Å². The smallest absolute Gasteiger partial charge is 0.326 e. The molecule has 0 unspecified atom stereocenters. The molecule has 2 N–H and O–H groups in total. The van der Waals surface area contributed by atoms with Crippen molar-refractivity contribution in [1.82, 2.24) is 15.1 Å². The van der Waals surface area contributed by atoms with E-state index in [9.17, 15) is 14.4 Å². The summed E-state index contributed by atoms with van der Waals surface area (Å²) in [6, 6.07) is -1.48. The maximum atomic E-state index is 11.8. The third-order valence-electron chi connectivity index (χ3n) is 2.90. The summed E-state index contributed by atoms with van der Waals surface area (Å²) in [6.07, 6.45) is 3.56. The SMILES string of the molecule is COCCN(C)C(=O)N[C@@H](CC/C=C/C(=O)N(C)C)C(=O)O. The fourth-order valence-electron chi connectivity index (χ4n) is 1.44. The van der Waals surface area contributed by atoms with Crippen LogP contribution < -0.4 is 5.32 Å². The molecular weight excluding hydrogens is 290 g/mol. The van der Waals surface area contributed by atoms with Gasteiger partial charge in [0.05, 0.1) is 6.61 Å². The maximum absolute atomic E-state index is 11.8. The number of carbonyl (C=O) groups is 3. The molecule has 0 bridgehead atoms. The average Bonchev–Trinajstić information content (AvgIpc) is 2.46. The molecule has 0 aliphatic heterocycles. The summed E-state index contributed by atoms with van der Waals surface area (Å²) < 4.78 is 4.85. The van der Waals surface area contributed by atoms with Crippen LogP contribution in [0.25, 0.3) is 0 Å². The minimum absolute atomic E-state index is 0.171. The molecule has 0 aliphatic rings. The number of urea groups is 1. The molecule has 0 radical (unpaired) electrons. The van der Waals surface area contributed by atoms with Gasteiger partial charge in [0, 0.05) is 34.8 Å². The minimum atomic E-state index is -1.11. The Balaban J connectivity index is 4.35. The van der Waals surface area contributed by atoms with E-state index in [1.807, 2.05) is 0 Å². The molecule has 0 saturated carbocycles. The van der Waals surface area contributed by atoms with Crippen LogP contribution in [0.5, 0.6) is 0 Å². The first-order chi connectivity index (χ1) is 10.3. The summed E-state index contributed by atoms with van der Waals surface area (Å²) in [7, 11) is 6.33. The van der Waals surface area contributed by atoms with Crippen molar-refractivity contribution in [2.75, 3.05) is 41.4 Å². The van der Waals surface area contributed by atoms with E-state index < -0.39 is 18.0 Å². The average molecular weight is 315 g/mol. The monoisotopic (exact) mass is 315 g/mol. The number of allylic oxidation sites excluding steroid dienone is 1. The predicted molar refractivity (Wildman–Crippen MR) is 81.5 cm³/mol. The van der Waals surface area contributed by atoms with Gasteiger partial charge in [0.25, 0.3) is 0 Å². The van der Waals surface area contributed by atoms with Crippen LogP contribution in [-0.2, 0) is 14.3 Å². The lowest BCUT2D eigenvalue weighted by Crippen LogP contribution is -2.47. The Labute approximate surface area is 130 Å². The van der Waals surface area contributed by atoms with Gasteiger partial charge in [0.2, 0.25) is 5.91 Å². The maximum Gasteiger partial charge on any atom is 0.326 e. The van der Waals surface area contributed by atoms with E-state index in [2.05, 4.69) is 5.32 Å². The summed E-state index contributed by atoms with van der Waals surface area (Å²) in [5.41, 5.74) is 0. The van der Waals surface area contributed by atoms with Gasteiger partial charge in [-0.2, -0.15) is 0 Å². The molecule has 0 rings (SSSR count). The summed E-state index contributed by atoms with van der Waals surface area (Å²) in [5.74, 6) is -1.28. The second-order valence-corrected chi connectivity index (χ2v) is 4.97. The van der Waals surface area contributed by atoms with Gasteiger partial charge in [0.15, 0.2) is 0 Å². The number of rotatable bonds is 9. The van der Waals surface area contributed by atoms with E-state index >= 15 is 0 Å². The molecule has 22 heavy (non-hydrogen) atoms. The van der Waals surface area contributed by atoms with Crippen LogP contribution in [0, 0.1) is 0 Å². The number of nitrogens with zero attached hydrogens (tertiary/aromatic N) is 2. The van der Waals surface area contributed by atoms with Crippen LogP contribution in [-0.4, -0.2) is 80.3 Å². The van der Waals surface area contributed by atoms with Crippen molar-refractivity contribution in [3.8, 4) is 0 Å². The number of nitrogens with one attached hydrogen (secondary N) is 1. The molecule has 0 fully saturated rings. The molecule has 0 spiro atoms. The van der Waals surface area contributed by atoms with Gasteiger partial charge in [-0.3, -0.25) is 4.79 Å². The Morgan fingerprint density at radius 3 is 2.41 bits per heavy atom. The van der Waals surface area contributed by atoms with Gasteiger partial charge in [-0.1, -0.05) is 6.08 Å². The highest BCUT2D eigenvalue weighted by atomic mass is 16.5. The lowest BCUT2D eigenvalue weighted by atomic mass is 10.1. The quantitative estimate of drug-likeness (QED) is 0.590. The van der Waals surface area contributed by atoms with Crippen LogP contribution in [0.1, 0.15) is 12.8 Å². The second kappa shape index (κ2) is 10.6. The number of ether oxygens (including phenoxy) is 1. The van der Waals surface area contributed by atoms with Gasteiger partial charge >= 0.3 is 12.0 Å². The zero-order valence-corrected chi connectivity index (χ0v) is 13.5. The fourth-order valence-corrected chi connectivity index (χ4v) is 1.44. The van der Waals surface area contributed by atoms with Crippen LogP contribution in [0.3, 0.4) is 0 Å². The van der Waals surface area contributed by atoms with Crippen molar-refractivity contribution < 1.29 is 24.2 Å². The third kappa shape index (κ3) is 8.25. The Bertz CT molecular complexity index is 409. The molecule has 0 aromatic carbocycles. The molecule has 0 saturated heterocycles. The zero-order chi connectivity index (χ0) is 17.1. The highest BCUT2D eigenvalue weighted by molar-refractivity contribution is 5.87. The highest BCUT2D eigenvalue weighted by Gasteiger charge is 2.20. The number of carbonyl (C=O) groups excluding carboxylic acids is 2. The molecule has 0 heterocycles. The van der Waals surface area contributed by atoms with E-state index in [0.29, 0.717) is 19.6 Å². The summed E-state index contributed by atoms with van der Waals surface area (Å²) in [6.45, 7) is 0.739. The van der Waals surface area contributed by atoms with E-state index in [4.69, 9.17) is 9.84 Å². The summed E-state index contributed by atoms with van der Waals surface area (Å²) in [4.78, 5) is 37.1. The van der Waals surface area contributed by atoms with Crippen molar-refractivity contribution in [3.05, 3.63) is 12.2 Å². The summed E-state index contributed by atoms with van der Waals surface area (Å²) >= 11 is 0. The molecule has 126 valence electrons. The molecular formula is C14H25N3O5. The number of carboxylic acids is 1. The molecule has 3 amide bonds. The Hall–Kier alpha value is -2.09. The van der Waals surface area contributed by atoms with Crippen LogP contribution in [0.2, 0.25) is 0 Å². The van der Waals surface area contributed by atoms with Crippen molar-refractivity contribution in [2.45, 2.75) is 18.9 Å². The number of hydrogen-bond acceptors (Lipinski definition) is 4. The van der Waals surface area contributed by atoms with Crippen molar-refractivity contribution in [2.24, 2.45) is 0 Å². The first-order valence-electron chi connectivity index (χ1n) is 6.90. The first-order valence-corrected chi connectivity index (χ1v) is 6.90. The largest absolute Gasteiger partial charge is 0.480 e. The van der Waals surface area contributed by atoms with Gasteiger partial charge in [-0.15, -0.1) is 0 Å². The molecule has 0 aromatic rings. The number of amides is 3. The number of carboxylic acid groups (broad SMARTS) is 1. The molecule has 1 atom stereocenters. The number of likely N-dealkylation sites (N-methyl/N-ethyl adjacent to an activating group) is 2. The van der Waals surface area contributed by atoms with Crippen molar-refractivity contribution in [3.63, 3.8) is 0 Å². The zero-order valence-electron chi connectivity index (χ0n) is 13.5. The molecule has 0 aromatic heterocycles. The molecule has 0 aliphatic carbocycles. The van der Waals surface area contributed by atoms with E-state index in [1.54, 1.807) is 27.2 Å². The predicted octanol–water partition coefficient (Wildman–Crippen LogP) is 0.152. The summed E-state index contributed by atoms with van der Waals surface area (Å²) in [5, 5.41) is 11.6. The Morgan fingerprint density at radius 1 is 1.27 bits per heavy atom. The lowest BCUT2D eigenvalue weighted by molar-refractivity contribution is -0.139. The van der Waals surface area contributed by atoms with E-state index in [-0.39, 0.29) is 12.3 Å². The topological polar surface area (TPSA) is 99.2 Å². The van der Waals surface area contributed by atoms with E-state index in [0.717, 1.165) is 0 Å². The number of hydrogen-bond donors (Lipinski definition) is 2. The highest BCUT2D eigenvalue weighted by Crippen LogP contribution is 2.01. The number of aliphatic carboxylic acids is 1. The Morgan fingerprint density at radius 2 is 1.91 bits per heavy atom. The standard InChI is InChI=1S/C14H25N3O5/c1-16(2)12(18)8-6-5-7-11(13(19)20)15-14(21)17(3)9-10-22-4/h6,8,11H,5,7,9-10H2,1-4H3,(H,15,21)(H,19,20)/b8-6+/t11-/m0/s1. The van der Waals surface area contributed by atoms with Crippen molar-refractivity contribution >= 4 is 17.9 Å². The van der Waals surface area contributed by atoms with Gasteiger partial charge in [-0.05, 0) is 18.9 Å². The normalized spacial score (nSPS) is 12.0. The Kier molecular flexibility index (Phi) is 9.60. The first kappa shape index (κ1) is 19.9. The molecule has 8 nitrogen and oxygen atoms in total. The van der Waals surface area contributed by atoms with Crippen LogP contribution in [0.4, 0.5) is 4.79 Å². The lowest BCUT2D eigenvalue weighted by Gasteiger charge is -2.20. The second-order valence-electron chi connectivity index (χ2n) is 4.97. The van der Waals surface area contributed by atoms with E-state index in [1.165, 1.54) is 23.0 Å². The number of methoxy groups -OCH3 is 1. The van der Waals surface area contributed by atoms with Gasteiger partial charge in [-0.25, -0.2) is 9.59 Å². The van der Waals surface area contributed by atoms with Crippen molar-refractivity contribution in [1.29, 1.82) is 0 Å². The molecule has 8 heteroatoms. The third-order valence-corrected chi connectivity index (χ3v) is 2.90. The van der Waals surface area contributed by atoms with Gasteiger partial charge in [0.1, 0.15) is 6.04 Å². The minimum Gasteiger partial charge on any atom is -0.480 e. The fraction of sp³-hybridized carbons (Fsp3) is 0.643. The van der Waals surface area contributed by atoms with Gasteiger partial charge < -0.3 is 25.0 Å². The van der Waals surface area contributed by atoms with Crippen LogP contribution >= 0.6 is 0 Å².